The molecule has 0 unspecified atom stereocenters. The van der Waals surface area contributed by atoms with Gasteiger partial charge in [-0.1, -0.05) is 0 Å². The number of nitrogens with one attached hydrogen (secondary N) is 1. The molecule has 4 rings (SSSR count). The zero-order valence-electron chi connectivity index (χ0n) is 18.7. The normalized spacial score (nSPS) is 14.7. The first kappa shape index (κ1) is 25.5. The van der Waals surface area contributed by atoms with E-state index in [9.17, 15) is 41.0 Å². The standard InChI is InChI=1S/C23H20F6N4O3/c1-32(6-7-34)17-5-4-13-19(35)14(22(36)31-20(11-2-3-11)23(27,28)29)10-33(21(13)30-17)18-15(25)8-12(24)9-16(18)26/h4-5,8-11,20,34H,2-3,6-7H2,1H3,(H,31,36)/t20-/m0/s1. The van der Waals surface area contributed by atoms with E-state index in [1.54, 1.807) is 7.05 Å². The van der Waals surface area contributed by atoms with Crippen molar-refractivity contribution < 1.29 is 36.2 Å². The molecule has 2 heterocycles. The number of carbonyl (C=O) groups excluding carboxylic acids is 1. The van der Waals surface area contributed by atoms with E-state index in [4.69, 9.17) is 0 Å². The van der Waals surface area contributed by atoms with Gasteiger partial charge in [-0.25, -0.2) is 18.2 Å². The highest BCUT2D eigenvalue weighted by atomic mass is 19.4. The highest BCUT2D eigenvalue weighted by molar-refractivity contribution is 5.97. The molecule has 1 aromatic carbocycles. The number of aliphatic hydroxyl groups is 1. The highest BCUT2D eigenvalue weighted by Crippen LogP contribution is 2.40. The third-order valence-electron chi connectivity index (χ3n) is 5.86. The largest absolute Gasteiger partial charge is 0.408 e. The van der Waals surface area contributed by atoms with Gasteiger partial charge in [-0.3, -0.25) is 14.2 Å². The van der Waals surface area contributed by atoms with Crippen LogP contribution in [0.3, 0.4) is 0 Å². The first-order valence-electron chi connectivity index (χ1n) is 10.8. The lowest BCUT2D eigenvalue weighted by molar-refractivity contribution is -0.158. The summed E-state index contributed by atoms with van der Waals surface area (Å²) >= 11 is 0. The van der Waals surface area contributed by atoms with Gasteiger partial charge in [0.05, 0.1) is 12.0 Å². The summed E-state index contributed by atoms with van der Waals surface area (Å²) in [6.45, 7) is -0.146. The zero-order chi connectivity index (χ0) is 26.4. The monoisotopic (exact) mass is 514 g/mol. The highest BCUT2D eigenvalue weighted by Gasteiger charge is 2.49. The molecule has 13 heteroatoms. The first-order chi connectivity index (χ1) is 16.9. The summed E-state index contributed by atoms with van der Waals surface area (Å²) < 4.78 is 84.0. The van der Waals surface area contributed by atoms with Crippen molar-refractivity contribution in [2.75, 3.05) is 25.1 Å². The van der Waals surface area contributed by atoms with Gasteiger partial charge in [0.2, 0.25) is 5.43 Å². The van der Waals surface area contributed by atoms with Crippen molar-refractivity contribution in [3.8, 4) is 5.69 Å². The molecule has 3 aromatic rings. The van der Waals surface area contributed by atoms with E-state index in [-0.39, 0.29) is 42.8 Å². The molecule has 2 aromatic heterocycles. The summed E-state index contributed by atoms with van der Waals surface area (Å²) in [7, 11) is 1.54. The minimum atomic E-state index is -4.77. The summed E-state index contributed by atoms with van der Waals surface area (Å²) in [6.07, 6.45) is -3.60. The molecule has 0 radical (unpaired) electrons. The smallest absolute Gasteiger partial charge is 0.395 e. The Balaban J connectivity index is 1.93. The van der Waals surface area contributed by atoms with Gasteiger partial charge in [0, 0.05) is 31.9 Å². The maximum absolute atomic E-state index is 14.7. The second-order valence-electron chi connectivity index (χ2n) is 8.48. The van der Waals surface area contributed by atoms with Crippen molar-refractivity contribution in [3.05, 3.63) is 63.7 Å². The molecule has 1 atom stereocenters. The van der Waals surface area contributed by atoms with E-state index in [0.717, 1.165) is 0 Å². The molecule has 1 fully saturated rings. The molecule has 1 aliphatic rings. The Labute approximate surface area is 200 Å². The number of halogens is 6. The van der Waals surface area contributed by atoms with Crippen LogP contribution < -0.4 is 15.6 Å². The van der Waals surface area contributed by atoms with Crippen LogP contribution in [0.4, 0.5) is 32.2 Å². The fourth-order valence-corrected chi connectivity index (χ4v) is 3.88. The Kier molecular flexibility index (Phi) is 6.69. The lowest BCUT2D eigenvalue weighted by Crippen LogP contribution is -2.48. The van der Waals surface area contributed by atoms with E-state index in [0.29, 0.717) is 22.9 Å². The van der Waals surface area contributed by atoms with Gasteiger partial charge in [0.25, 0.3) is 5.91 Å². The quantitative estimate of drug-likeness (QED) is 0.473. The van der Waals surface area contributed by atoms with E-state index in [2.05, 4.69) is 4.98 Å². The summed E-state index contributed by atoms with van der Waals surface area (Å²) in [6, 6.07) is 1.09. The van der Waals surface area contributed by atoms with E-state index in [1.165, 1.54) is 17.0 Å². The molecular formula is C23H20F6N4O3. The van der Waals surface area contributed by atoms with Crippen molar-refractivity contribution in [1.82, 2.24) is 14.9 Å². The number of hydrogen-bond donors (Lipinski definition) is 2. The molecule has 2 N–H and O–H groups in total. The van der Waals surface area contributed by atoms with Crippen LogP contribution in [-0.4, -0.2) is 53.0 Å². The third-order valence-corrected chi connectivity index (χ3v) is 5.86. The predicted molar refractivity (Wildman–Crippen MR) is 118 cm³/mol. The lowest BCUT2D eigenvalue weighted by atomic mass is 10.1. The number of rotatable bonds is 7. The Hall–Kier alpha value is -3.61. The third kappa shape index (κ3) is 4.87. The minimum Gasteiger partial charge on any atom is -0.395 e. The fourth-order valence-electron chi connectivity index (χ4n) is 3.88. The fraction of sp³-hybridized carbons (Fsp3) is 0.348. The van der Waals surface area contributed by atoms with Gasteiger partial charge in [-0.05, 0) is 30.9 Å². The Morgan fingerprint density at radius 2 is 1.86 bits per heavy atom. The van der Waals surface area contributed by atoms with Gasteiger partial charge in [0.1, 0.15) is 28.9 Å². The number of fused-ring (bicyclic) bond motifs is 1. The van der Waals surface area contributed by atoms with Gasteiger partial charge in [0.15, 0.2) is 17.3 Å². The molecule has 1 aliphatic carbocycles. The second kappa shape index (κ2) is 9.45. The van der Waals surface area contributed by atoms with Crippen LogP contribution >= 0.6 is 0 Å². The van der Waals surface area contributed by atoms with Crippen molar-refractivity contribution in [1.29, 1.82) is 0 Å². The van der Waals surface area contributed by atoms with Crippen LogP contribution in [-0.2, 0) is 0 Å². The number of nitrogens with zero attached hydrogens (tertiary/aromatic N) is 3. The first-order valence-corrected chi connectivity index (χ1v) is 10.8. The molecule has 0 bridgehead atoms. The van der Waals surface area contributed by atoms with Gasteiger partial charge in [-0.2, -0.15) is 13.2 Å². The molecule has 1 amide bonds. The average Bonchev–Trinajstić information content (AvgIpc) is 3.62. The van der Waals surface area contributed by atoms with Crippen LogP contribution in [0.1, 0.15) is 23.2 Å². The Morgan fingerprint density at radius 1 is 1.22 bits per heavy atom. The number of alkyl halides is 3. The number of carbonyl (C=O) groups is 1. The van der Waals surface area contributed by atoms with Crippen LogP contribution in [0.5, 0.6) is 0 Å². The molecule has 0 aliphatic heterocycles. The predicted octanol–water partition coefficient (Wildman–Crippen LogP) is 3.30. The number of aliphatic hydroxyl groups excluding tert-OH is 1. The van der Waals surface area contributed by atoms with E-state index >= 15 is 0 Å². The number of amides is 1. The SMILES string of the molecule is CN(CCO)c1ccc2c(=O)c(C(=O)N[C@@H](C3CC3)C(F)(F)F)cn(-c3c(F)cc(F)cc3F)c2n1. The maximum Gasteiger partial charge on any atom is 0.408 e. The van der Waals surface area contributed by atoms with Gasteiger partial charge < -0.3 is 15.3 Å². The molecular weight excluding hydrogens is 494 g/mol. The molecule has 36 heavy (non-hydrogen) atoms. The molecule has 1 saturated carbocycles. The summed E-state index contributed by atoms with van der Waals surface area (Å²) in [4.78, 5) is 31.6. The lowest BCUT2D eigenvalue weighted by Gasteiger charge is -2.22. The topological polar surface area (TPSA) is 87.5 Å². The maximum atomic E-state index is 14.7. The van der Waals surface area contributed by atoms with Crippen LogP contribution in [0.25, 0.3) is 16.7 Å². The average molecular weight is 514 g/mol. The van der Waals surface area contributed by atoms with Crippen molar-refractivity contribution in [2.24, 2.45) is 5.92 Å². The minimum absolute atomic E-state index is 0.114. The van der Waals surface area contributed by atoms with E-state index in [1.807, 2.05) is 5.32 Å². The van der Waals surface area contributed by atoms with Crippen LogP contribution in [0.15, 0.2) is 35.3 Å². The second-order valence-corrected chi connectivity index (χ2v) is 8.48. The summed E-state index contributed by atoms with van der Waals surface area (Å²) in [5, 5.41) is 10.7. The molecule has 0 spiro atoms. The number of pyridine rings is 2. The number of aromatic nitrogens is 2. The van der Waals surface area contributed by atoms with Crippen molar-refractivity contribution in [3.63, 3.8) is 0 Å². The molecule has 0 saturated heterocycles. The number of likely N-dealkylation sites (N-methyl/N-ethyl adjacent to an activating group) is 1. The summed E-state index contributed by atoms with van der Waals surface area (Å²) in [5.41, 5.74) is -3.04. The Bertz CT molecular complexity index is 1360. The Morgan fingerprint density at radius 3 is 2.42 bits per heavy atom. The number of hydrogen-bond acceptors (Lipinski definition) is 5. The number of anilines is 1. The number of benzene rings is 1. The molecule has 192 valence electrons. The molecule has 7 nitrogen and oxygen atoms in total. The van der Waals surface area contributed by atoms with Crippen molar-refractivity contribution in [2.45, 2.75) is 25.1 Å². The van der Waals surface area contributed by atoms with Gasteiger partial charge in [-0.15, -0.1) is 0 Å². The van der Waals surface area contributed by atoms with Crippen molar-refractivity contribution >= 4 is 22.8 Å². The zero-order valence-corrected chi connectivity index (χ0v) is 18.7. The van der Waals surface area contributed by atoms with Crippen LogP contribution in [0, 0.1) is 23.4 Å². The van der Waals surface area contributed by atoms with E-state index < -0.39 is 58.2 Å². The van der Waals surface area contributed by atoms with Gasteiger partial charge >= 0.3 is 6.18 Å². The summed E-state index contributed by atoms with van der Waals surface area (Å²) in [5.74, 6) is -6.07. The van der Waals surface area contributed by atoms with Crippen LogP contribution in [0.2, 0.25) is 0 Å².